The van der Waals surface area contributed by atoms with Crippen molar-refractivity contribution in [1.29, 1.82) is 0 Å². The number of fused-ring (bicyclic) bond motifs is 1. The molecule has 4 rings (SSSR count). The molecule has 0 bridgehead atoms. The van der Waals surface area contributed by atoms with Gasteiger partial charge >= 0.3 is 0 Å². The van der Waals surface area contributed by atoms with Crippen molar-refractivity contribution in [2.24, 2.45) is 5.92 Å². The first kappa shape index (κ1) is 15.7. The molecule has 0 unspecified atom stereocenters. The average Bonchev–Trinajstić information content (AvgIpc) is 3.45. The lowest BCUT2D eigenvalue weighted by molar-refractivity contribution is -0.117. The molecule has 1 fully saturated rings. The van der Waals surface area contributed by atoms with Gasteiger partial charge in [-0.25, -0.2) is 0 Å². The van der Waals surface area contributed by atoms with Crippen molar-refractivity contribution in [3.05, 3.63) is 53.6 Å². The zero-order chi connectivity index (χ0) is 17.4. The van der Waals surface area contributed by atoms with Crippen LogP contribution in [0.15, 0.2) is 42.5 Å². The van der Waals surface area contributed by atoms with Crippen LogP contribution in [0.4, 0.5) is 11.4 Å². The van der Waals surface area contributed by atoms with Crippen LogP contribution in [0.3, 0.4) is 0 Å². The second kappa shape index (κ2) is 6.24. The molecule has 5 nitrogen and oxygen atoms in total. The van der Waals surface area contributed by atoms with Crippen molar-refractivity contribution in [2.45, 2.75) is 25.2 Å². The van der Waals surface area contributed by atoms with Crippen molar-refractivity contribution < 1.29 is 14.3 Å². The van der Waals surface area contributed by atoms with Gasteiger partial charge in [0, 0.05) is 17.8 Å². The Hall–Kier alpha value is -2.82. The Morgan fingerprint density at radius 1 is 1.20 bits per heavy atom. The Balaban J connectivity index is 1.59. The Morgan fingerprint density at radius 2 is 2.00 bits per heavy atom. The summed E-state index contributed by atoms with van der Waals surface area (Å²) in [6, 6.07) is 12.9. The van der Waals surface area contributed by atoms with E-state index in [4.69, 9.17) is 4.74 Å². The summed E-state index contributed by atoms with van der Waals surface area (Å²) in [4.78, 5) is 24.5. The second-order valence-electron chi connectivity index (χ2n) is 6.65. The van der Waals surface area contributed by atoms with Crippen LogP contribution >= 0.6 is 0 Å². The van der Waals surface area contributed by atoms with Crippen LogP contribution in [0.1, 0.15) is 41.1 Å². The van der Waals surface area contributed by atoms with E-state index in [-0.39, 0.29) is 11.8 Å². The van der Waals surface area contributed by atoms with Crippen LogP contribution in [0.5, 0.6) is 5.75 Å². The van der Waals surface area contributed by atoms with E-state index in [0.717, 1.165) is 5.69 Å². The molecular weight excluding hydrogens is 316 g/mol. The summed E-state index contributed by atoms with van der Waals surface area (Å²) in [6.45, 7) is 0. The largest absolute Gasteiger partial charge is 0.496 e. The lowest BCUT2D eigenvalue weighted by atomic mass is 9.86. The van der Waals surface area contributed by atoms with Crippen LogP contribution in [-0.4, -0.2) is 18.9 Å². The Labute approximate surface area is 146 Å². The topological polar surface area (TPSA) is 67.4 Å². The molecule has 2 aromatic carbocycles. The molecule has 1 aliphatic heterocycles. The summed E-state index contributed by atoms with van der Waals surface area (Å²) in [7, 11) is 1.54. The van der Waals surface area contributed by atoms with Gasteiger partial charge in [-0.2, -0.15) is 0 Å². The van der Waals surface area contributed by atoms with Crippen LogP contribution in [-0.2, 0) is 4.79 Å². The molecule has 0 saturated heterocycles. The highest BCUT2D eigenvalue weighted by Gasteiger charge is 2.37. The SMILES string of the molecule is COc1ccccc1C(=O)Nc1ccc2c(c1)NC(=O)C[C@H]2C1CC1. The number of ether oxygens (including phenoxy) is 1. The van der Waals surface area contributed by atoms with Gasteiger partial charge in [-0.3, -0.25) is 9.59 Å². The average molecular weight is 336 g/mol. The van der Waals surface area contributed by atoms with Gasteiger partial charge in [0.1, 0.15) is 5.75 Å². The van der Waals surface area contributed by atoms with Gasteiger partial charge in [0.05, 0.1) is 12.7 Å². The van der Waals surface area contributed by atoms with E-state index in [1.165, 1.54) is 18.4 Å². The van der Waals surface area contributed by atoms with Gasteiger partial charge < -0.3 is 15.4 Å². The number of hydrogen-bond donors (Lipinski definition) is 2. The van der Waals surface area contributed by atoms with Crippen LogP contribution in [0.25, 0.3) is 0 Å². The summed E-state index contributed by atoms with van der Waals surface area (Å²) in [5, 5.41) is 5.82. The third-order valence-corrected chi connectivity index (χ3v) is 4.93. The molecule has 128 valence electrons. The first-order chi connectivity index (χ1) is 12.2. The lowest BCUT2D eigenvalue weighted by Crippen LogP contribution is -2.24. The highest BCUT2D eigenvalue weighted by molar-refractivity contribution is 6.06. The van der Waals surface area contributed by atoms with E-state index < -0.39 is 0 Å². The van der Waals surface area contributed by atoms with Gasteiger partial charge in [-0.15, -0.1) is 0 Å². The van der Waals surface area contributed by atoms with Gasteiger partial charge in [-0.1, -0.05) is 18.2 Å². The molecule has 2 aliphatic rings. The van der Waals surface area contributed by atoms with Crippen LogP contribution < -0.4 is 15.4 Å². The van der Waals surface area contributed by atoms with Gasteiger partial charge in [-0.05, 0) is 54.5 Å². The molecule has 1 aliphatic carbocycles. The molecule has 1 saturated carbocycles. The smallest absolute Gasteiger partial charge is 0.259 e. The number of nitrogens with one attached hydrogen (secondary N) is 2. The monoisotopic (exact) mass is 336 g/mol. The zero-order valence-corrected chi connectivity index (χ0v) is 14.0. The van der Waals surface area contributed by atoms with Crippen molar-refractivity contribution in [2.75, 3.05) is 17.7 Å². The first-order valence-electron chi connectivity index (χ1n) is 8.54. The molecule has 25 heavy (non-hydrogen) atoms. The van der Waals surface area contributed by atoms with E-state index in [9.17, 15) is 9.59 Å². The number of para-hydroxylation sites is 1. The molecule has 2 aromatic rings. The van der Waals surface area contributed by atoms with E-state index in [2.05, 4.69) is 10.6 Å². The predicted octanol–water partition coefficient (Wildman–Crippen LogP) is 3.78. The summed E-state index contributed by atoms with van der Waals surface area (Å²) < 4.78 is 5.24. The Bertz CT molecular complexity index is 843. The summed E-state index contributed by atoms with van der Waals surface area (Å²) in [5.41, 5.74) is 3.12. The van der Waals surface area contributed by atoms with Gasteiger partial charge in [0.2, 0.25) is 5.91 Å². The van der Waals surface area contributed by atoms with Gasteiger partial charge in [0.25, 0.3) is 5.91 Å². The lowest BCUT2D eigenvalue weighted by Gasteiger charge is -2.26. The summed E-state index contributed by atoms with van der Waals surface area (Å²) in [6.07, 6.45) is 2.96. The highest BCUT2D eigenvalue weighted by atomic mass is 16.5. The van der Waals surface area contributed by atoms with Crippen LogP contribution in [0, 0.1) is 5.92 Å². The van der Waals surface area contributed by atoms with E-state index in [1.807, 2.05) is 24.3 Å². The van der Waals surface area contributed by atoms with Crippen molar-refractivity contribution in [3.63, 3.8) is 0 Å². The van der Waals surface area contributed by atoms with Crippen molar-refractivity contribution in [3.8, 4) is 5.75 Å². The van der Waals surface area contributed by atoms with Gasteiger partial charge in [0.15, 0.2) is 0 Å². The minimum absolute atomic E-state index is 0.0533. The molecule has 2 amide bonds. The molecule has 0 spiro atoms. The summed E-state index contributed by atoms with van der Waals surface area (Å²) >= 11 is 0. The third-order valence-electron chi connectivity index (χ3n) is 4.93. The van der Waals surface area contributed by atoms with Crippen LogP contribution in [0.2, 0.25) is 0 Å². The number of amides is 2. The minimum atomic E-state index is -0.238. The molecule has 0 aromatic heterocycles. The third kappa shape index (κ3) is 3.09. The quantitative estimate of drug-likeness (QED) is 0.893. The number of rotatable bonds is 4. The van der Waals surface area contributed by atoms with E-state index in [0.29, 0.717) is 35.3 Å². The number of benzene rings is 2. The zero-order valence-electron chi connectivity index (χ0n) is 14.0. The maximum atomic E-state index is 12.5. The summed E-state index contributed by atoms with van der Waals surface area (Å²) in [5.74, 6) is 1.28. The molecule has 1 atom stereocenters. The number of carbonyl (C=O) groups is 2. The van der Waals surface area contributed by atoms with Crippen molar-refractivity contribution >= 4 is 23.2 Å². The Morgan fingerprint density at radius 3 is 2.76 bits per heavy atom. The number of carbonyl (C=O) groups excluding carboxylic acids is 2. The van der Waals surface area contributed by atoms with E-state index >= 15 is 0 Å². The molecule has 1 heterocycles. The first-order valence-corrected chi connectivity index (χ1v) is 8.54. The number of hydrogen-bond acceptors (Lipinski definition) is 3. The standard InChI is InChI=1S/C20H20N2O3/c1-25-18-5-3-2-4-15(18)20(24)21-13-8-9-14-16(12-6-7-12)11-19(23)22-17(14)10-13/h2-5,8-10,12,16H,6-7,11H2,1H3,(H,21,24)(H,22,23)/t16-/m0/s1. The fourth-order valence-corrected chi connectivity index (χ4v) is 3.53. The molecular formula is C20H20N2O3. The highest BCUT2D eigenvalue weighted by Crippen LogP contribution is 2.48. The minimum Gasteiger partial charge on any atom is -0.496 e. The van der Waals surface area contributed by atoms with Crippen molar-refractivity contribution in [1.82, 2.24) is 0 Å². The fourth-order valence-electron chi connectivity index (χ4n) is 3.53. The molecule has 0 radical (unpaired) electrons. The maximum absolute atomic E-state index is 12.5. The van der Waals surface area contributed by atoms with E-state index in [1.54, 1.807) is 25.3 Å². The molecule has 5 heteroatoms. The maximum Gasteiger partial charge on any atom is 0.259 e. The second-order valence-corrected chi connectivity index (χ2v) is 6.65. The molecule has 2 N–H and O–H groups in total. The predicted molar refractivity (Wildman–Crippen MR) is 96.1 cm³/mol. The number of methoxy groups -OCH3 is 1. The Kier molecular flexibility index (Phi) is 3.92. The number of anilines is 2. The fraction of sp³-hybridized carbons (Fsp3) is 0.300. The normalized spacial score (nSPS) is 18.9.